The molecular weight excluding hydrogens is 502 g/mol. The highest BCUT2D eigenvalue weighted by Crippen LogP contribution is 2.58. The third-order valence-electron chi connectivity index (χ3n) is 8.77. The topological polar surface area (TPSA) is 122 Å². The largest absolute Gasteiger partial charge is 0.504 e. The van der Waals surface area contributed by atoms with Crippen molar-refractivity contribution in [3.63, 3.8) is 0 Å². The minimum absolute atomic E-state index is 0.00637. The van der Waals surface area contributed by atoms with E-state index in [0.29, 0.717) is 46.8 Å². The predicted molar refractivity (Wildman–Crippen MR) is 138 cm³/mol. The van der Waals surface area contributed by atoms with Crippen molar-refractivity contribution < 1.29 is 33.6 Å². The smallest absolute Gasteiger partial charge is 0.308 e. The predicted octanol–water partition coefficient (Wildman–Crippen LogP) is 3.49. The first-order valence-corrected chi connectivity index (χ1v) is 13.1. The Morgan fingerprint density at radius 2 is 1.92 bits per heavy atom. The molecule has 0 aliphatic carbocycles. The number of hydrogen-bond acceptors (Lipinski definition) is 10. The lowest BCUT2D eigenvalue weighted by Crippen LogP contribution is -2.69. The van der Waals surface area contributed by atoms with Crippen LogP contribution >= 0.6 is 0 Å². The second-order valence-electron chi connectivity index (χ2n) is 10.7. The number of nitriles is 1. The van der Waals surface area contributed by atoms with Crippen LogP contribution in [0, 0.1) is 25.2 Å². The summed E-state index contributed by atoms with van der Waals surface area (Å²) in [7, 11) is 3.40. The van der Waals surface area contributed by atoms with E-state index >= 15 is 0 Å². The van der Waals surface area contributed by atoms with Crippen molar-refractivity contribution in [1.29, 1.82) is 5.26 Å². The summed E-state index contributed by atoms with van der Waals surface area (Å²) in [6.45, 7) is 6.88. The lowest BCUT2D eigenvalue weighted by molar-refractivity contribution is -0.132. The monoisotopic (exact) mass is 533 g/mol. The van der Waals surface area contributed by atoms with E-state index in [4.69, 9.17) is 18.9 Å². The molecule has 10 heteroatoms. The van der Waals surface area contributed by atoms with Crippen LogP contribution in [0.2, 0.25) is 0 Å². The number of hydrogen-bond donors (Lipinski definition) is 1. The second kappa shape index (κ2) is 8.86. The van der Waals surface area contributed by atoms with Crippen molar-refractivity contribution in [2.45, 2.75) is 70.7 Å². The Kier molecular flexibility index (Phi) is 5.79. The molecule has 4 heterocycles. The number of carbonyl (C=O) groups excluding carboxylic acids is 2. The van der Waals surface area contributed by atoms with Gasteiger partial charge in [0.15, 0.2) is 28.8 Å². The number of benzene rings is 2. The van der Waals surface area contributed by atoms with Gasteiger partial charge < -0.3 is 24.1 Å². The SMILES string of the molecule is CC[C@H]1c2c3c(c(C)c(OC(C)=O)c2C(=O)[C@@H]2[C@H]4c5c(cc(C)c(OC)c5O)C[C@H]([C@H](C#N)N21)N4C)OCO3. The van der Waals surface area contributed by atoms with Crippen LogP contribution in [0.3, 0.4) is 0 Å². The Bertz CT molecular complexity index is 1480. The fraction of sp³-hybridized carbons (Fsp3) is 0.483. The van der Waals surface area contributed by atoms with E-state index in [2.05, 4.69) is 6.07 Å². The molecule has 1 fully saturated rings. The van der Waals surface area contributed by atoms with Gasteiger partial charge in [-0.15, -0.1) is 0 Å². The Labute approximate surface area is 226 Å². The van der Waals surface area contributed by atoms with E-state index in [1.807, 2.05) is 36.8 Å². The number of ketones is 1. The van der Waals surface area contributed by atoms with Crippen LogP contribution in [0.1, 0.15) is 70.5 Å². The van der Waals surface area contributed by atoms with Gasteiger partial charge >= 0.3 is 5.97 Å². The molecule has 10 nitrogen and oxygen atoms in total. The maximum Gasteiger partial charge on any atom is 0.308 e. The molecular formula is C29H31N3O7. The van der Waals surface area contributed by atoms with Gasteiger partial charge in [-0.1, -0.05) is 13.0 Å². The molecule has 0 spiro atoms. The summed E-state index contributed by atoms with van der Waals surface area (Å²) < 4.78 is 22.9. The fourth-order valence-corrected chi connectivity index (χ4v) is 7.30. The van der Waals surface area contributed by atoms with E-state index in [0.717, 1.165) is 11.1 Å². The summed E-state index contributed by atoms with van der Waals surface area (Å²) in [4.78, 5) is 31.0. The van der Waals surface area contributed by atoms with E-state index in [-0.39, 0.29) is 35.7 Å². The highest BCUT2D eigenvalue weighted by Gasteiger charge is 2.59. The highest BCUT2D eigenvalue weighted by molar-refractivity contribution is 6.08. The Hall–Kier alpha value is -3.81. The first-order valence-electron chi connectivity index (χ1n) is 13.1. The number of methoxy groups -OCH3 is 1. The van der Waals surface area contributed by atoms with Crippen LogP contribution in [0.15, 0.2) is 6.07 Å². The maximum absolute atomic E-state index is 14.7. The molecule has 0 radical (unpaired) electrons. The second-order valence-corrected chi connectivity index (χ2v) is 10.7. The number of rotatable bonds is 3. The number of likely N-dealkylation sites (N-methyl/N-ethyl adjacent to an activating group) is 1. The molecule has 5 atom stereocenters. The molecule has 0 amide bonds. The molecule has 2 aromatic rings. The van der Waals surface area contributed by atoms with E-state index in [9.17, 15) is 20.0 Å². The van der Waals surface area contributed by atoms with Gasteiger partial charge in [0.1, 0.15) is 11.8 Å². The number of piperazine rings is 1. The lowest BCUT2D eigenvalue weighted by atomic mass is 9.71. The third-order valence-corrected chi connectivity index (χ3v) is 8.77. The molecule has 2 aromatic carbocycles. The van der Waals surface area contributed by atoms with Crippen molar-refractivity contribution in [3.05, 3.63) is 39.4 Å². The standard InChI is InChI=1S/C29H31N3O7/c1-7-16-20-21(27(39-14(4)33)13(3)28-29(20)38-11-37-28)24(34)23-22-19-15(8-12(2)26(36-6)25(19)35)9-17(31(22)5)18(10-30)32(16)23/h8,16-18,22-23,35H,7,9,11H2,1-6H3/t16-,17+,18-,22+,23-/m0/s1. The average molecular weight is 534 g/mol. The van der Waals surface area contributed by atoms with Crippen LogP contribution in [0.4, 0.5) is 0 Å². The van der Waals surface area contributed by atoms with Crippen LogP contribution in [0.5, 0.6) is 28.7 Å². The summed E-state index contributed by atoms with van der Waals surface area (Å²) in [6.07, 6.45) is 1.09. The number of aromatic hydroxyl groups is 1. The summed E-state index contributed by atoms with van der Waals surface area (Å²) in [5.41, 5.74) is 3.68. The Morgan fingerprint density at radius 1 is 1.21 bits per heavy atom. The molecule has 39 heavy (non-hydrogen) atoms. The number of ether oxygens (including phenoxy) is 4. The van der Waals surface area contributed by atoms with Crippen LogP contribution in [-0.2, 0) is 11.2 Å². The van der Waals surface area contributed by atoms with Gasteiger partial charge in [0.2, 0.25) is 6.79 Å². The van der Waals surface area contributed by atoms with E-state index < -0.39 is 30.1 Å². The summed E-state index contributed by atoms with van der Waals surface area (Å²) in [6, 6.07) is 1.85. The van der Waals surface area contributed by atoms with Crippen molar-refractivity contribution in [3.8, 4) is 34.8 Å². The van der Waals surface area contributed by atoms with Gasteiger partial charge in [0.25, 0.3) is 0 Å². The van der Waals surface area contributed by atoms with Gasteiger partial charge in [0.05, 0.1) is 30.8 Å². The molecule has 2 bridgehead atoms. The molecule has 0 saturated carbocycles. The first-order chi connectivity index (χ1) is 18.7. The van der Waals surface area contributed by atoms with Crippen molar-refractivity contribution in [1.82, 2.24) is 9.80 Å². The molecule has 1 N–H and O–H groups in total. The van der Waals surface area contributed by atoms with Gasteiger partial charge in [-0.3, -0.25) is 19.4 Å². The Morgan fingerprint density at radius 3 is 2.56 bits per heavy atom. The zero-order valence-corrected chi connectivity index (χ0v) is 22.8. The number of nitrogens with zero attached hydrogens (tertiary/aromatic N) is 3. The normalized spacial score (nSPS) is 26.8. The first kappa shape index (κ1) is 25.5. The number of phenolic OH excluding ortho intramolecular Hbond substituents is 1. The van der Waals surface area contributed by atoms with Crippen LogP contribution in [0.25, 0.3) is 0 Å². The van der Waals surface area contributed by atoms with Gasteiger partial charge in [-0.25, -0.2) is 0 Å². The fourth-order valence-electron chi connectivity index (χ4n) is 7.30. The number of aryl methyl sites for hydroxylation is 1. The summed E-state index contributed by atoms with van der Waals surface area (Å²) in [5.74, 6) is 0.578. The Balaban J connectivity index is 1.67. The number of esters is 1. The number of fused-ring (bicyclic) bond motifs is 9. The number of phenols is 1. The molecule has 1 saturated heterocycles. The number of carbonyl (C=O) groups is 2. The number of Topliss-reactive ketones (excluding diaryl/α,β-unsaturated/α-hetero) is 1. The van der Waals surface area contributed by atoms with Gasteiger partial charge in [-0.05, 0) is 44.9 Å². The maximum atomic E-state index is 14.7. The van der Waals surface area contributed by atoms with Crippen molar-refractivity contribution >= 4 is 11.8 Å². The van der Waals surface area contributed by atoms with Crippen molar-refractivity contribution in [2.24, 2.45) is 0 Å². The van der Waals surface area contributed by atoms with Crippen molar-refractivity contribution in [2.75, 3.05) is 21.0 Å². The summed E-state index contributed by atoms with van der Waals surface area (Å²) in [5, 5.41) is 22.0. The minimum atomic E-state index is -0.834. The average Bonchev–Trinajstić information content (AvgIpc) is 3.38. The molecule has 4 aliphatic rings. The third kappa shape index (κ3) is 3.26. The quantitative estimate of drug-likeness (QED) is 0.463. The van der Waals surface area contributed by atoms with Gasteiger partial charge in [0, 0.05) is 35.7 Å². The zero-order chi connectivity index (χ0) is 27.9. The molecule has 0 aromatic heterocycles. The lowest BCUT2D eigenvalue weighted by Gasteiger charge is -2.59. The summed E-state index contributed by atoms with van der Waals surface area (Å²) >= 11 is 0. The van der Waals surface area contributed by atoms with E-state index in [1.165, 1.54) is 14.0 Å². The highest BCUT2D eigenvalue weighted by atomic mass is 16.7. The van der Waals surface area contributed by atoms with Crippen LogP contribution in [-0.4, -0.2) is 65.7 Å². The van der Waals surface area contributed by atoms with Crippen LogP contribution < -0.4 is 18.9 Å². The molecule has 4 aliphatic heterocycles. The molecule has 0 unspecified atom stereocenters. The minimum Gasteiger partial charge on any atom is -0.504 e. The zero-order valence-electron chi connectivity index (χ0n) is 22.8. The van der Waals surface area contributed by atoms with E-state index in [1.54, 1.807) is 6.92 Å². The molecule has 204 valence electrons. The molecule has 6 rings (SSSR count). The van der Waals surface area contributed by atoms with Gasteiger partial charge in [-0.2, -0.15) is 5.26 Å².